The molecule has 0 amide bonds. The van der Waals surface area contributed by atoms with Crippen LogP contribution >= 0.6 is 0 Å². The van der Waals surface area contributed by atoms with Gasteiger partial charge in [-0.05, 0) is 59.2 Å². The van der Waals surface area contributed by atoms with E-state index in [9.17, 15) is 0 Å². The molecule has 3 aromatic heterocycles. The molecule has 0 aliphatic rings. The van der Waals surface area contributed by atoms with Crippen molar-refractivity contribution in [2.45, 2.75) is 13.3 Å². The van der Waals surface area contributed by atoms with Gasteiger partial charge in [-0.25, -0.2) is 15.0 Å². The lowest BCUT2D eigenvalue weighted by Gasteiger charge is -2.13. The van der Waals surface area contributed by atoms with Crippen LogP contribution in [0.2, 0.25) is 0 Å². The van der Waals surface area contributed by atoms with Crippen LogP contribution in [-0.4, -0.2) is 15.0 Å². The summed E-state index contributed by atoms with van der Waals surface area (Å²) in [7, 11) is 0. The fourth-order valence-corrected chi connectivity index (χ4v) is 7.94. The van der Waals surface area contributed by atoms with Crippen LogP contribution in [0.3, 0.4) is 0 Å². The number of para-hydroxylation sites is 1. The number of hydrogen-bond donors (Lipinski definition) is 0. The Morgan fingerprint density at radius 3 is 2.09 bits per heavy atom. The maximum atomic E-state index is 6.42. The van der Waals surface area contributed by atoms with Gasteiger partial charge in [-0.2, -0.15) is 0 Å². The van der Waals surface area contributed by atoms with Crippen LogP contribution in [0, 0.1) is 0 Å². The van der Waals surface area contributed by atoms with E-state index in [0.717, 1.165) is 76.7 Å². The molecule has 0 atom stereocenters. The van der Waals surface area contributed by atoms with Gasteiger partial charge in [0.1, 0.15) is 22.2 Å². The fraction of sp³-hybridized carbons (Fsp3) is 0.0377. The summed E-state index contributed by atoms with van der Waals surface area (Å²) in [5, 5.41) is 6.22. The van der Waals surface area contributed by atoms with Crippen LogP contribution in [0.5, 0.6) is 0 Å². The van der Waals surface area contributed by atoms with Crippen molar-refractivity contribution in [2.24, 2.45) is 0 Å². The van der Waals surface area contributed by atoms with Crippen LogP contribution in [-0.2, 0) is 6.42 Å². The minimum Gasteiger partial charge on any atom is -0.456 e. The van der Waals surface area contributed by atoms with E-state index in [1.165, 1.54) is 11.1 Å². The number of rotatable bonds is 8. The number of hydrogen-bond acceptors (Lipinski definition) is 5. The maximum absolute atomic E-state index is 6.42. The molecule has 0 bridgehead atoms. The van der Waals surface area contributed by atoms with E-state index < -0.39 is 0 Å². The van der Waals surface area contributed by atoms with Crippen molar-refractivity contribution in [1.82, 2.24) is 15.0 Å². The molecule has 0 spiro atoms. The topological polar surface area (TPSA) is 65.0 Å². The molecule has 0 aliphatic carbocycles. The van der Waals surface area contributed by atoms with Gasteiger partial charge < -0.3 is 8.83 Å². The third-order valence-corrected chi connectivity index (χ3v) is 10.7. The standard InChI is InChI=1S/C53H37N3O2/c1-3-15-35-16-7-11-22-42(35)37-26-28-40(29-27-37)52-54-51(39-19-5-4-6-20-39)55-53(56-52)48-38(31-33-47-49(48)45-24-13-14-25-46(45)58-47)18-9-10-21-41-34(2)57-50-43-23-12-8-17-36(43)30-32-44(41)50/h3-17,19-33H,2,18H2,1H3/b10-9-,15-3-,41-21+. The van der Waals surface area contributed by atoms with Gasteiger partial charge in [0.15, 0.2) is 17.5 Å². The molecular formula is C53H37N3O2. The Balaban J connectivity index is 1.11. The predicted octanol–water partition coefficient (Wildman–Crippen LogP) is 12.4. The first-order chi connectivity index (χ1) is 28.6. The summed E-state index contributed by atoms with van der Waals surface area (Å²) in [5.41, 5.74) is 10.4. The van der Waals surface area contributed by atoms with Crippen LogP contribution < -0.4 is 10.6 Å². The molecule has 0 radical (unpaired) electrons. The lowest BCUT2D eigenvalue weighted by molar-refractivity contribution is 0.580. The molecule has 10 rings (SSSR count). The summed E-state index contributed by atoms with van der Waals surface area (Å²) < 4.78 is 12.6. The highest BCUT2D eigenvalue weighted by Crippen LogP contribution is 2.39. The second kappa shape index (κ2) is 14.8. The smallest absolute Gasteiger partial charge is 0.165 e. The summed E-state index contributed by atoms with van der Waals surface area (Å²) in [6.07, 6.45) is 11.2. The first kappa shape index (κ1) is 34.8. The number of fused-ring (bicyclic) bond motifs is 6. The summed E-state index contributed by atoms with van der Waals surface area (Å²) in [4.78, 5) is 15.5. The molecule has 10 aromatic rings. The van der Waals surface area contributed by atoms with Crippen molar-refractivity contribution in [1.29, 1.82) is 0 Å². The molecule has 0 fully saturated rings. The molecular weight excluding hydrogens is 711 g/mol. The van der Waals surface area contributed by atoms with E-state index >= 15 is 0 Å². The molecule has 0 aliphatic heterocycles. The minimum absolute atomic E-state index is 0.587. The van der Waals surface area contributed by atoms with E-state index in [4.69, 9.17) is 23.8 Å². The lowest BCUT2D eigenvalue weighted by Crippen LogP contribution is -2.17. The molecule has 58 heavy (non-hydrogen) atoms. The van der Waals surface area contributed by atoms with E-state index in [1.807, 2.05) is 67.6 Å². The molecule has 0 saturated heterocycles. The van der Waals surface area contributed by atoms with Crippen LogP contribution in [0.4, 0.5) is 0 Å². The summed E-state index contributed by atoms with van der Waals surface area (Å²) in [5.74, 6) is 1.79. The monoisotopic (exact) mass is 747 g/mol. The van der Waals surface area contributed by atoms with E-state index in [2.05, 4.69) is 128 Å². The Morgan fingerprint density at radius 2 is 1.26 bits per heavy atom. The van der Waals surface area contributed by atoms with Gasteiger partial charge in [0.25, 0.3) is 0 Å². The van der Waals surface area contributed by atoms with Gasteiger partial charge in [0.05, 0.1) is 0 Å². The summed E-state index contributed by atoms with van der Waals surface area (Å²) in [6.45, 7) is 6.28. The third-order valence-electron chi connectivity index (χ3n) is 10.7. The molecule has 0 unspecified atom stereocenters. The Kier molecular flexibility index (Phi) is 8.88. The number of aromatic nitrogens is 3. The van der Waals surface area contributed by atoms with Crippen molar-refractivity contribution in [3.8, 4) is 45.3 Å². The van der Waals surface area contributed by atoms with E-state index in [0.29, 0.717) is 29.3 Å². The van der Waals surface area contributed by atoms with Gasteiger partial charge in [0, 0.05) is 43.5 Å². The second-order valence-electron chi connectivity index (χ2n) is 14.3. The zero-order valence-corrected chi connectivity index (χ0v) is 31.9. The van der Waals surface area contributed by atoms with Crippen molar-refractivity contribution >= 4 is 62.4 Å². The molecule has 3 heterocycles. The van der Waals surface area contributed by atoms with Crippen molar-refractivity contribution < 1.29 is 8.83 Å². The Morgan fingerprint density at radius 1 is 0.569 bits per heavy atom. The summed E-state index contributed by atoms with van der Waals surface area (Å²) >= 11 is 0. The largest absolute Gasteiger partial charge is 0.456 e. The van der Waals surface area contributed by atoms with Gasteiger partial charge in [-0.15, -0.1) is 0 Å². The molecule has 0 saturated carbocycles. The average Bonchev–Trinajstić information content (AvgIpc) is 3.82. The lowest BCUT2D eigenvalue weighted by atomic mass is 9.97. The normalized spacial score (nSPS) is 12.3. The zero-order valence-electron chi connectivity index (χ0n) is 31.9. The molecule has 0 N–H and O–H groups in total. The van der Waals surface area contributed by atoms with Gasteiger partial charge in [-0.1, -0.05) is 170 Å². The van der Waals surface area contributed by atoms with Crippen molar-refractivity contribution in [2.75, 3.05) is 0 Å². The SMILES string of the molecule is C=c1oc2c(ccc3ccccc32)/c1=C/C=C\Cc1ccc2oc3ccccc3c2c1-c1nc(-c2ccccc2)nc(-c2ccc(-c3ccccc3/C=C\C)cc2)n1. The quantitative estimate of drug-likeness (QED) is 0.155. The Hall–Kier alpha value is -7.63. The molecule has 5 heteroatoms. The average molecular weight is 748 g/mol. The first-order valence-corrected chi connectivity index (χ1v) is 19.5. The van der Waals surface area contributed by atoms with Gasteiger partial charge >= 0.3 is 0 Å². The highest BCUT2D eigenvalue weighted by Gasteiger charge is 2.21. The number of furan rings is 2. The van der Waals surface area contributed by atoms with Gasteiger partial charge in [0.2, 0.25) is 0 Å². The number of nitrogens with zero attached hydrogens (tertiary/aromatic N) is 3. The molecule has 276 valence electrons. The predicted molar refractivity (Wildman–Crippen MR) is 239 cm³/mol. The third kappa shape index (κ3) is 6.29. The number of allylic oxidation sites excluding steroid dienone is 3. The first-order valence-electron chi connectivity index (χ1n) is 19.5. The Labute approximate surface area is 335 Å². The minimum atomic E-state index is 0.587. The highest BCUT2D eigenvalue weighted by atomic mass is 16.3. The van der Waals surface area contributed by atoms with E-state index in [-0.39, 0.29) is 0 Å². The van der Waals surface area contributed by atoms with Crippen molar-refractivity contribution in [3.05, 3.63) is 192 Å². The Bertz CT molecular complexity index is 3340. The van der Waals surface area contributed by atoms with Gasteiger partial charge in [-0.3, -0.25) is 0 Å². The molecule has 5 nitrogen and oxygen atoms in total. The fourth-order valence-electron chi connectivity index (χ4n) is 7.94. The summed E-state index contributed by atoms with van der Waals surface area (Å²) in [6, 6.07) is 51.9. The van der Waals surface area contributed by atoms with Crippen LogP contribution in [0.1, 0.15) is 18.1 Å². The van der Waals surface area contributed by atoms with E-state index in [1.54, 1.807) is 0 Å². The number of benzene rings is 7. The second-order valence-corrected chi connectivity index (χ2v) is 14.3. The maximum Gasteiger partial charge on any atom is 0.165 e. The van der Waals surface area contributed by atoms with Crippen LogP contribution in [0.25, 0.3) is 108 Å². The van der Waals surface area contributed by atoms with Crippen molar-refractivity contribution in [3.63, 3.8) is 0 Å². The highest BCUT2D eigenvalue weighted by molar-refractivity contribution is 6.12. The van der Waals surface area contributed by atoms with Crippen LogP contribution in [0.15, 0.2) is 179 Å². The zero-order chi connectivity index (χ0) is 39.0. The molecule has 7 aromatic carbocycles.